The highest BCUT2D eigenvalue weighted by Gasteiger charge is 2.30. The molecule has 0 amide bonds. The van der Waals surface area contributed by atoms with E-state index in [4.69, 9.17) is 11.6 Å². The fourth-order valence-corrected chi connectivity index (χ4v) is 1.35. The fraction of sp³-hybridized carbons (Fsp3) is 0.300. The quantitative estimate of drug-likeness (QED) is 0.638. The Kier molecular flexibility index (Phi) is 1.89. The maximum absolute atomic E-state index is 11.5. The van der Waals surface area contributed by atoms with Gasteiger partial charge in [0.2, 0.25) is 0 Å². The van der Waals surface area contributed by atoms with Gasteiger partial charge in [0.1, 0.15) is 0 Å². The number of hydrogen-bond donors (Lipinski definition) is 0. The number of benzene rings is 1. The van der Waals surface area contributed by atoms with Gasteiger partial charge < -0.3 is 0 Å². The Morgan fingerprint density at radius 2 is 2.25 bits per heavy atom. The molecule has 2 rings (SSSR count). The minimum Gasteiger partial charge on any atom is -0.294 e. The van der Waals surface area contributed by atoms with Crippen LogP contribution in [0.25, 0.3) is 0 Å². The van der Waals surface area contributed by atoms with Crippen LogP contribution in [0.3, 0.4) is 0 Å². The van der Waals surface area contributed by atoms with Crippen molar-refractivity contribution in [3.63, 3.8) is 0 Å². The summed E-state index contributed by atoms with van der Waals surface area (Å²) in [5, 5.41) is 0.585. The lowest BCUT2D eigenvalue weighted by molar-refractivity contribution is 0.0967. The van der Waals surface area contributed by atoms with Crippen LogP contribution in [-0.4, -0.2) is 5.78 Å². The molecule has 61 valence electrons. The first kappa shape index (κ1) is 7.81. The summed E-state index contributed by atoms with van der Waals surface area (Å²) < 4.78 is 0. The zero-order chi connectivity index (χ0) is 8.55. The van der Waals surface area contributed by atoms with Gasteiger partial charge in [0.05, 0.1) is 0 Å². The predicted octanol–water partition coefficient (Wildman–Crippen LogP) is 2.73. The molecule has 12 heavy (non-hydrogen) atoms. The number of Topliss-reactive ketones (excluding diaryl/α,β-unsaturated/α-hetero) is 1. The molecule has 1 aromatic rings. The van der Waals surface area contributed by atoms with Gasteiger partial charge in [-0.1, -0.05) is 11.6 Å². The topological polar surface area (TPSA) is 17.1 Å². The third-order valence-electron chi connectivity index (χ3n) is 1.99. The van der Waals surface area contributed by atoms with Gasteiger partial charge in [-0.25, -0.2) is 0 Å². The first-order chi connectivity index (χ1) is 5.77. The van der Waals surface area contributed by atoms with Crippen LogP contribution in [0.2, 0.25) is 5.02 Å². The van der Waals surface area contributed by atoms with Crippen LogP contribution in [0.4, 0.5) is 0 Å². The van der Waals surface area contributed by atoms with E-state index >= 15 is 0 Å². The first-order valence-electron chi connectivity index (χ1n) is 3.98. The molecular weight excluding hydrogens is 172 g/mol. The summed E-state index contributed by atoms with van der Waals surface area (Å²) in [4.78, 5) is 11.5. The maximum atomic E-state index is 11.5. The molecule has 1 radical (unpaired) electrons. The molecule has 1 saturated carbocycles. The number of ketones is 1. The average molecular weight is 180 g/mol. The van der Waals surface area contributed by atoms with Gasteiger partial charge in [-0.3, -0.25) is 4.79 Å². The van der Waals surface area contributed by atoms with Crippen LogP contribution in [-0.2, 0) is 0 Å². The summed E-state index contributed by atoms with van der Waals surface area (Å²) in [6.45, 7) is 0. The summed E-state index contributed by atoms with van der Waals surface area (Å²) in [6.07, 6.45) is 2.07. The van der Waals surface area contributed by atoms with Crippen molar-refractivity contribution in [2.24, 2.45) is 5.92 Å². The number of rotatable bonds is 2. The molecule has 0 unspecified atom stereocenters. The van der Waals surface area contributed by atoms with Crippen LogP contribution < -0.4 is 0 Å². The van der Waals surface area contributed by atoms with E-state index in [2.05, 4.69) is 6.07 Å². The Morgan fingerprint density at radius 1 is 1.50 bits per heavy atom. The van der Waals surface area contributed by atoms with E-state index in [9.17, 15) is 4.79 Å². The second-order valence-corrected chi connectivity index (χ2v) is 3.51. The highest BCUT2D eigenvalue weighted by atomic mass is 35.5. The Labute approximate surface area is 76.4 Å². The molecule has 1 nitrogen and oxygen atoms in total. The molecule has 2 heteroatoms. The minimum atomic E-state index is 0.216. The first-order valence-corrected chi connectivity index (χ1v) is 4.36. The van der Waals surface area contributed by atoms with Crippen molar-refractivity contribution >= 4 is 17.4 Å². The summed E-state index contributed by atoms with van der Waals surface area (Å²) in [6, 6.07) is 7.91. The fourth-order valence-electron chi connectivity index (χ4n) is 1.17. The zero-order valence-corrected chi connectivity index (χ0v) is 7.27. The maximum Gasteiger partial charge on any atom is 0.166 e. The SMILES string of the molecule is O=C(c1c[c]cc(Cl)c1)C1CC1. The Balaban J connectivity index is 2.26. The molecule has 1 aromatic carbocycles. The van der Waals surface area contributed by atoms with Crippen molar-refractivity contribution < 1.29 is 4.79 Å². The van der Waals surface area contributed by atoms with Crippen LogP contribution in [0.1, 0.15) is 23.2 Å². The number of halogens is 1. The third-order valence-corrected chi connectivity index (χ3v) is 2.20. The van der Waals surface area contributed by atoms with Gasteiger partial charge in [0, 0.05) is 16.5 Å². The Hall–Kier alpha value is -0.820. The van der Waals surface area contributed by atoms with E-state index in [0.29, 0.717) is 10.6 Å². The molecule has 1 aliphatic carbocycles. The lowest BCUT2D eigenvalue weighted by Crippen LogP contribution is -2.00. The van der Waals surface area contributed by atoms with Gasteiger partial charge >= 0.3 is 0 Å². The summed E-state index contributed by atoms with van der Waals surface area (Å²) >= 11 is 5.73. The molecule has 0 aliphatic heterocycles. The van der Waals surface area contributed by atoms with Crippen molar-refractivity contribution in [3.05, 3.63) is 34.9 Å². The van der Waals surface area contributed by atoms with E-state index in [1.54, 1.807) is 18.2 Å². The van der Waals surface area contributed by atoms with E-state index in [0.717, 1.165) is 12.8 Å². The lowest BCUT2D eigenvalue weighted by Gasteiger charge is -1.97. The Morgan fingerprint density at radius 3 is 2.83 bits per heavy atom. The highest BCUT2D eigenvalue weighted by molar-refractivity contribution is 6.31. The molecule has 0 bridgehead atoms. The highest BCUT2D eigenvalue weighted by Crippen LogP contribution is 2.32. The molecule has 1 fully saturated rings. The monoisotopic (exact) mass is 179 g/mol. The van der Waals surface area contributed by atoms with Crippen LogP contribution in [0.15, 0.2) is 18.2 Å². The van der Waals surface area contributed by atoms with Crippen molar-refractivity contribution in [3.8, 4) is 0 Å². The zero-order valence-electron chi connectivity index (χ0n) is 6.51. The number of carbonyl (C=O) groups excluding carboxylic acids is 1. The van der Waals surface area contributed by atoms with Crippen molar-refractivity contribution in [1.82, 2.24) is 0 Å². The van der Waals surface area contributed by atoms with E-state index in [1.807, 2.05) is 0 Å². The molecule has 0 atom stereocenters. The summed E-state index contributed by atoms with van der Waals surface area (Å²) in [7, 11) is 0. The molecule has 0 saturated heterocycles. The van der Waals surface area contributed by atoms with E-state index < -0.39 is 0 Å². The van der Waals surface area contributed by atoms with Crippen LogP contribution >= 0.6 is 11.6 Å². The number of carbonyl (C=O) groups is 1. The molecule has 1 aliphatic rings. The molecule has 0 N–H and O–H groups in total. The van der Waals surface area contributed by atoms with Gasteiger partial charge in [-0.15, -0.1) is 0 Å². The molecule has 0 spiro atoms. The second-order valence-electron chi connectivity index (χ2n) is 3.08. The van der Waals surface area contributed by atoms with Crippen molar-refractivity contribution in [1.29, 1.82) is 0 Å². The standard InChI is InChI=1S/C10H8ClO/c11-9-3-1-2-8(6-9)10(12)7-4-5-7/h2-3,6-7H,4-5H2. The van der Waals surface area contributed by atoms with Gasteiger partial charge in [0.25, 0.3) is 0 Å². The van der Waals surface area contributed by atoms with Gasteiger partial charge in [0.15, 0.2) is 5.78 Å². The lowest BCUT2D eigenvalue weighted by atomic mass is 10.1. The Bertz CT molecular complexity index is 315. The smallest absolute Gasteiger partial charge is 0.166 e. The second kappa shape index (κ2) is 2.91. The number of hydrogen-bond acceptors (Lipinski definition) is 1. The summed E-state index contributed by atoms with van der Waals surface area (Å²) in [5.74, 6) is 0.477. The van der Waals surface area contributed by atoms with Crippen LogP contribution in [0.5, 0.6) is 0 Å². The molecular formula is C10H8ClO. The summed E-state index contributed by atoms with van der Waals surface area (Å²) in [5.41, 5.74) is 0.699. The largest absolute Gasteiger partial charge is 0.294 e. The molecule has 0 heterocycles. The van der Waals surface area contributed by atoms with Crippen molar-refractivity contribution in [2.45, 2.75) is 12.8 Å². The van der Waals surface area contributed by atoms with E-state index in [-0.39, 0.29) is 11.7 Å². The normalized spacial score (nSPS) is 16.1. The minimum absolute atomic E-state index is 0.216. The van der Waals surface area contributed by atoms with Crippen LogP contribution in [0, 0.1) is 12.0 Å². The predicted molar refractivity (Wildman–Crippen MR) is 47.3 cm³/mol. The van der Waals surface area contributed by atoms with E-state index in [1.165, 1.54) is 0 Å². The van der Waals surface area contributed by atoms with Crippen molar-refractivity contribution in [2.75, 3.05) is 0 Å². The molecule has 0 aromatic heterocycles. The average Bonchev–Trinajstić information content (AvgIpc) is 2.85. The van der Waals surface area contributed by atoms with Gasteiger partial charge in [-0.05, 0) is 37.1 Å². The van der Waals surface area contributed by atoms with Gasteiger partial charge in [-0.2, -0.15) is 0 Å². The third kappa shape index (κ3) is 1.51.